The molecule has 2 aromatic carbocycles. The summed E-state index contributed by atoms with van der Waals surface area (Å²) in [5.74, 6) is 1.71. The number of aryl methyl sites for hydroxylation is 1. The van der Waals surface area contributed by atoms with Crippen molar-refractivity contribution in [1.29, 1.82) is 0 Å². The first-order chi connectivity index (χ1) is 14.3. The minimum absolute atomic E-state index is 0.786. The summed E-state index contributed by atoms with van der Waals surface area (Å²) in [7, 11) is 0. The Hall–Kier alpha value is -1.56. The molecule has 0 aromatic heterocycles. The largest absolute Gasteiger partial charge is 0.0654 e. The molecule has 29 heavy (non-hydrogen) atoms. The van der Waals surface area contributed by atoms with Crippen molar-refractivity contribution in [2.24, 2.45) is 5.92 Å². The predicted molar refractivity (Wildman–Crippen MR) is 129 cm³/mol. The molecule has 0 aliphatic heterocycles. The van der Waals surface area contributed by atoms with E-state index in [9.17, 15) is 0 Å². The average Bonchev–Trinajstić information content (AvgIpc) is 2.77. The molecule has 0 heterocycles. The molecule has 158 valence electrons. The van der Waals surface area contributed by atoms with Gasteiger partial charge < -0.3 is 0 Å². The van der Waals surface area contributed by atoms with E-state index in [1.165, 1.54) is 100 Å². The van der Waals surface area contributed by atoms with Gasteiger partial charge in [0.1, 0.15) is 0 Å². The highest BCUT2D eigenvalue weighted by Gasteiger charge is 2.19. The van der Waals surface area contributed by atoms with E-state index >= 15 is 0 Å². The zero-order valence-corrected chi connectivity index (χ0v) is 19.0. The summed E-state index contributed by atoms with van der Waals surface area (Å²) in [5, 5.41) is 0. The normalized spacial score (nSPS) is 19.4. The number of hydrogen-bond donors (Lipinski definition) is 0. The smallest absolute Gasteiger partial charge is 0.0162 e. The van der Waals surface area contributed by atoms with Crippen LogP contribution >= 0.6 is 0 Å². The van der Waals surface area contributed by atoms with Gasteiger partial charge in [0, 0.05) is 0 Å². The van der Waals surface area contributed by atoms with Gasteiger partial charge in [-0.1, -0.05) is 120 Å². The van der Waals surface area contributed by atoms with E-state index in [2.05, 4.69) is 62.4 Å². The molecule has 3 rings (SSSR count). The van der Waals surface area contributed by atoms with Gasteiger partial charge in [-0.05, 0) is 59.8 Å². The Morgan fingerprint density at radius 2 is 1.14 bits per heavy atom. The molecule has 0 amide bonds. The summed E-state index contributed by atoms with van der Waals surface area (Å²) in [6.07, 6.45) is 17.9. The summed E-state index contributed by atoms with van der Waals surface area (Å²) in [6.45, 7) is 4.69. The SMILES string of the molecule is CCCCCCCCCCc1ccc(-c2ccc(C3CCC(C)CC3)cc2)cc1. The number of unbranched alkanes of at least 4 members (excludes halogenated alkanes) is 7. The number of benzene rings is 2. The lowest BCUT2D eigenvalue weighted by molar-refractivity contribution is 0.348. The van der Waals surface area contributed by atoms with Crippen LogP contribution in [0.25, 0.3) is 11.1 Å². The van der Waals surface area contributed by atoms with Gasteiger partial charge in [0.15, 0.2) is 0 Å². The highest BCUT2D eigenvalue weighted by Crippen LogP contribution is 2.36. The lowest BCUT2D eigenvalue weighted by atomic mass is 9.79. The van der Waals surface area contributed by atoms with Crippen LogP contribution < -0.4 is 0 Å². The van der Waals surface area contributed by atoms with Crippen LogP contribution in [0, 0.1) is 5.92 Å². The topological polar surface area (TPSA) is 0 Å². The minimum atomic E-state index is 0.786. The molecular weight excluding hydrogens is 348 g/mol. The Morgan fingerprint density at radius 1 is 0.621 bits per heavy atom. The van der Waals surface area contributed by atoms with Gasteiger partial charge in [0.25, 0.3) is 0 Å². The number of rotatable bonds is 11. The van der Waals surface area contributed by atoms with E-state index in [-0.39, 0.29) is 0 Å². The molecule has 0 heteroatoms. The summed E-state index contributed by atoms with van der Waals surface area (Å²) < 4.78 is 0. The van der Waals surface area contributed by atoms with E-state index in [1.54, 1.807) is 5.56 Å². The molecule has 0 saturated heterocycles. The Labute approximate surface area is 180 Å². The number of hydrogen-bond acceptors (Lipinski definition) is 0. The minimum Gasteiger partial charge on any atom is -0.0654 e. The van der Waals surface area contributed by atoms with Crippen molar-refractivity contribution in [3.63, 3.8) is 0 Å². The van der Waals surface area contributed by atoms with Crippen LogP contribution in [0.4, 0.5) is 0 Å². The molecular formula is C29H42. The fraction of sp³-hybridized carbons (Fsp3) is 0.586. The third-order valence-electron chi connectivity index (χ3n) is 7.00. The van der Waals surface area contributed by atoms with Crippen molar-refractivity contribution in [1.82, 2.24) is 0 Å². The molecule has 1 saturated carbocycles. The fourth-order valence-electron chi connectivity index (χ4n) is 4.87. The van der Waals surface area contributed by atoms with Gasteiger partial charge in [0.05, 0.1) is 0 Å². The maximum Gasteiger partial charge on any atom is -0.0162 e. The van der Waals surface area contributed by atoms with Crippen LogP contribution in [0.2, 0.25) is 0 Å². The van der Waals surface area contributed by atoms with E-state index in [1.807, 2.05) is 0 Å². The third-order valence-corrected chi connectivity index (χ3v) is 7.00. The van der Waals surface area contributed by atoms with Crippen molar-refractivity contribution in [2.75, 3.05) is 0 Å². The molecule has 0 atom stereocenters. The molecule has 0 nitrogen and oxygen atoms in total. The van der Waals surface area contributed by atoms with Crippen molar-refractivity contribution in [2.45, 2.75) is 103 Å². The van der Waals surface area contributed by atoms with Gasteiger partial charge in [0.2, 0.25) is 0 Å². The standard InChI is InChI=1S/C29H42/c1-3-4-5-6-7-8-9-10-11-25-14-18-27(19-15-25)29-22-20-28(21-23-29)26-16-12-24(2)13-17-26/h14-15,18-24,26H,3-13,16-17H2,1-2H3. The summed E-state index contributed by atoms with van der Waals surface area (Å²) >= 11 is 0. The molecule has 1 aliphatic carbocycles. The van der Waals surface area contributed by atoms with Crippen molar-refractivity contribution < 1.29 is 0 Å². The van der Waals surface area contributed by atoms with Crippen LogP contribution in [-0.4, -0.2) is 0 Å². The zero-order valence-electron chi connectivity index (χ0n) is 19.0. The van der Waals surface area contributed by atoms with Crippen LogP contribution in [0.1, 0.15) is 108 Å². The lowest BCUT2D eigenvalue weighted by Gasteiger charge is -2.26. The highest BCUT2D eigenvalue weighted by molar-refractivity contribution is 5.64. The molecule has 0 unspecified atom stereocenters. The fourth-order valence-corrected chi connectivity index (χ4v) is 4.87. The second kappa shape index (κ2) is 12.2. The first-order valence-corrected chi connectivity index (χ1v) is 12.5. The van der Waals surface area contributed by atoms with E-state index in [4.69, 9.17) is 0 Å². The van der Waals surface area contributed by atoms with E-state index in [0.29, 0.717) is 0 Å². The quantitative estimate of drug-likeness (QED) is 0.335. The van der Waals surface area contributed by atoms with Gasteiger partial charge in [-0.3, -0.25) is 0 Å². The Morgan fingerprint density at radius 3 is 1.72 bits per heavy atom. The molecule has 2 aromatic rings. The summed E-state index contributed by atoms with van der Waals surface area (Å²) in [5.41, 5.74) is 5.75. The molecule has 0 spiro atoms. The zero-order chi connectivity index (χ0) is 20.3. The maximum absolute atomic E-state index is 2.40. The molecule has 1 fully saturated rings. The predicted octanol–water partition coefficient (Wildman–Crippen LogP) is 9.33. The molecule has 0 N–H and O–H groups in total. The maximum atomic E-state index is 2.40. The van der Waals surface area contributed by atoms with Crippen molar-refractivity contribution in [3.8, 4) is 11.1 Å². The Balaban J connectivity index is 1.41. The van der Waals surface area contributed by atoms with Crippen LogP contribution in [0.3, 0.4) is 0 Å². The molecule has 0 radical (unpaired) electrons. The summed E-state index contributed by atoms with van der Waals surface area (Å²) in [4.78, 5) is 0. The van der Waals surface area contributed by atoms with Crippen molar-refractivity contribution in [3.05, 3.63) is 59.7 Å². The third kappa shape index (κ3) is 7.32. The van der Waals surface area contributed by atoms with Gasteiger partial charge in [-0.2, -0.15) is 0 Å². The van der Waals surface area contributed by atoms with Crippen LogP contribution in [0.15, 0.2) is 48.5 Å². The molecule has 0 bridgehead atoms. The van der Waals surface area contributed by atoms with E-state index in [0.717, 1.165) is 11.8 Å². The van der Waals surface area contributed by atoms with Crippen LogP contribution in [-0.2, 0) is 6.42 Å². The lowest BCUT2D eigenvalue weighted by Crippen LogP contribution is -2.10. The molecule has 1 aliphatic rings. The summed E-state index contributed by atoms with van der Waals surface area (Å²) in [6, 6.07) is 18.7. The van der Waals surface area contributed by atoms with Gasteiger partial charge in [-0.25, -0.2) is 0 Å². The average molecular weight is 391 g/mol. The van der Waals surface area contributed by atoms with Gasteiger partial charge in [-0.15, -0.1) is 0 Å². The second-order valence-electron chi connectivity index (χ2n) is 9.50. The van der Waals surface area contributed by atoms with E-state index < -0.39 is 0 Å². The van der Waals surface area contributed by atoms with Gasteiger partial charge >= 0.3 is 0 Å². The van der Waals surface area contributed by atoms with Crippen LogP contribution in [0.5, 0.6) is 0 Å². The first-order valence-electron chi connectivity index (χ1n) is 12.5. The first kappa shape index (κ1) is 22.1. The highest BCUT2D eigenvalue weighted by atomic mass is 14.2. The Kier molecular flexibility index (Phi) is 9.32. The van der Waals surface area contributed by atoms with Crippen molar-refractivity contribution >= 4 is 0 Å². The Bertz CT molecular complexity index is 671. The monoisotopic (exact) mass is 390 g/mol. The second-order valence-corrected chi connectivity index (χ2v) is 9.50.